The van der Waals surface area contributed by atoms with Crippen LogP contribution in [0.3, 0.4) is 0 Å². The van der Waals surface area contributed by atoms with Crippen LogP contribution >= 0.6 is 11.3 Å². The predicted octanol–water partition coefficient (Wildman–Crippen LogP) is 8.87. The van der Waals surface area contributed by atoms with Crippen molar-refractivity contribution < 1.29 is 0 Å². The van der Waals surface area contributed by atoms with Crippen molar-refractivity contribution in [3.63, 3.8) is 0 Å². The van der Waals surface area contributed by atoms with Gasteiger partial charge in [0.05, 0.1) is 41.4 Å². The van der Waals surface area contributed by atoms with Gasteiger partial charge in [-0.3, -0.25) is 0 Å². The second-order valence-corrected chi connectivity index (χ2v) is 24.2. The molecule has 2 aliphatic rings. The Morgan fingerprint density at radius 3 is 1.51 bits per heavy atom. The maximum absolute atomic E-state index is 10.1. The highest BCUT2D eigenvalue weighted by atomic mass is 32.1. The first-order valence-corrected chi connectivity index (χ1v) is 21.9. The summed E-state index contributed by atoms with van der Waals surface area (Å²) < 4.78 is 0. The van der Waals surface area contributed by atoms with E-state index in [0.29, 0.717) is 11.1 Å². The van der Waals surface area contributed by atoms with Gasteiger partial charge in [-0.25, -0.2) is 20.2 Å². The summed E-state index contributed by atoms with van der Waals surface area (Å²) >= 11 is 1.49. The zero-order valence-electron chi connectivity index (χ0n) is 25.0. The van der Waals surface area contributed by atoms with Crippen LogP contribution in [-0.4, -0.2) is 16.1 Å². The predicted molar refractivity (Wildman–Crippen MR) is 183 cm³/mol. The fraction of sp³-hybridized carbons (Fsp3) is 0.167. The number of hydrogen-bond acceptors (Lipinski definition) is 3. The monoisotopic (exact) mass is 604 g/mol. The Morgan fingerprint density at radius 1 is 0.605 bits per heavy atom. The van der Waals surface area contributed by atoms with Gasteiger partial charge >= 0.3 is 0 Å². The maximum Gasteiger partial charge on any atom is 0.271 e. The quantitative estimate of drug-likeness (QED) is 0.115. The normalized spacial score (nSPS) is 15.2. The van der Waals surface area contributed by atoms with Crippen LogP contribution in [0, 0.1) is 35.8 Å². The maximum atomic E-state index is 10.1. The molecule has 0 saturated heterocycles. The molecule has 0 aliphatic heterocycles. The summed E-state index contributed by atoms with van der Waals surface area (Å²) in [6.45, 7) is 29.5. The Balaban J connectivity index is 1.64. The van der Waals surface area contributed by atoms with Crippen molar-refractivity contribution in [2.24, 2.45) is 0 Å². The Kier molecular flexibility index (Phi) is 6.54. The highest BCUT2D eigenvalue weighted by Crippen LogP contribution is 2.61. The Hall–Kier alpha value is -4.77. The largest absolute Gasteiger partial charge is 0.271 e. The molecular weight excluding hydrogens is 577 g/mol. The number of nitriles is 2. The molecule has 7 heteroatoms. The van der Waals surface area contributed by atoms with Gasteiger partial charge in [0.15, 0.2) is 0 Å². The van der Waals surface area contributed by atoms with Gasteiger partial charge in [-0.2, -0.15) is 0 Å². The Bertz CT molecular complexity index is 2090. The van der Waals surface area contributed by atoms with Crippen LogP contribution in [0.1, 0.15) is 20.9 Å². The number of rotatable bonds is 3. The van der Waals surface area contributed by atoms with E-state index in [1.807, 2.05) is 0 Å². The van der Waals surface area contributed by atoms with E-state index in [0.717, 1.165) is 54.3 Å². The van der Waals surface area contributed by atoms with Gasteiger partial charge in [0.25, 0.3) is 11.4 Å². The smallest absolute Gasteiger partial charge is 0.226 e. The highest BCUT2D eigenvalue weighted by molar-refractivity contribution is 7.16. The van der Waals surface area contributed by atoms with E-state index in [9.17, 15) is 10.5 Å². The molecule has 206 valence electrons. The van der Waals surface area contributed by atoms with E-state index in [-0.39, 0.29) is 11.4 Å². The number of benzene rings is 3. The fourth-order valence-electron chi connectivity index (χ4n) is 6.03. The lowest BCUT2D eigenvalue weighted by atomic mass is 9.95. The summed E-state index contributed by atoms with van der Waals surface area (Å²) in [5, 5.41) is 22.7. The lowest BCUT2D eigenvalue weighted by Crippen LogP contribution is -2.37. The Labute approximate surface area is 259 Å². The van der Waals surface area contributed by atoms with Gasteiger partial charge in [-0.15, -0.1) is 11.3 Å². The molecule has 2 aliphatic carbocycles. The first-order chi connectivity index (χ1) is 20.4. The van der Waals surface area contributed by atoms with Gasteiger partial charge in [0.1, 0.15) is 0 Å². The highest BCUT2D eigenvalue weighted by Gasteiger charge is 2.39. The molecule has 0 fully saturated rings. The molecule has 1 aromatic heterocycles. The molecular formula is C36H28N4SSi2. The number of nitrogens with zero attached hydrogens (tertiary/aromatic N) is 4. The molecule has 0 amide bonds. The number of thiophene rings is 1. The number of hydrogen-bond donors (Lipinski definition) is 0. The van der Waals surface area contributed by atoms with Crippen molar-refractivity contribution in [1.82, 2.24) is 0 Å². The van der Waals surface area contributed by atoms with E-state index in [1.54, 1.807) is 0 Å². The first kappa shape index (κ1) is 28.4. The summed E-state index contributed by atoms with van der Waals surface area (Å²) in [6.07, 6.45) is 0. The SMILES string of the molecule is [C-]#[N+]/C(C#N)=C1/c2cc(-c3ccc([Si](C)(C)C)cc3)ccc2-c2c1sc1c2-c2ccc([Si](C)(C)C)cc2/C1=C(/C#N)[N+]#[C-]. The minimum Gasteiger partial charge on any atom is -0.226 e. The zero-order chi connectivity index (χ0) is 30.8. The topological polar surface area (TPSA) is 56.3 Å². The molecule has 0 N–H and O–H groups in total. The van der Waals surface area contributed by atoms with E-state index in [2.05, 4.69) is 122 Å². The summed E-state index contributed by atoms with van der Waals surface area (Å²) in [7, 11) is -3.10. The van der Waals surface area contributed by atoms with E-state index in [1.165, 1.54) is 21.7 Å². The van der Waals surface area contributed by atoms with Crippen molar-refractivity contribution >= 4 is 49.0 Å². The standard InChI is InChI=1S/C36H28N4SSi2/c1-39-29(19-37)31-27-17-22(21-9-12-23(13-10-21)42(3,4)5)11-15-25(27)33-34-26-16-14-24(43(6,7)8)18-28(26)32(30(20-38)40-2)36(34)41-35(31)33/h9-18H,3-8H3/b31-29-,32-30+. The lowest BCUT2D eigenvalue weighted by Gasteiger charge is -2.18. The van der Waals surface area contributed by atoms with Crippen LogP contribution in [-0.2, 0) is 0 Å². The molecule has 6 rings (SSSR count). The van der Waals surface area contributed by atoms with Crippen molar-refractivity contribution in [2.75, 3.05) is 0 Å². The first-order valence-electron chi connectivity index (χ1n) is 14.0. The van der Waals surface area contributed by atoms with Crippen LogP contribution in [0.4, 0.5) is 0 Å². The van der Waals surface area contributed by atoms with Crippen molar-refractivity contribution in [1.29, 1.82) is 10.5 Å². The van der Waals surface area contributed by atoms with Crippen molar-refractivity contribution in [3.8, 4) is 45.5 Å². The van der Waals surface area contributed by atoms with Gasteiger partial charge in [-0.05, 0) is 39.4 Å². The molecule has 0 radical (unpaired) electrons. The van der Waals surface area contributed by atoms with E-state index >= 15 is 0 Å². The second kappa shape index (κ2) is 9.91. The average Bonchev–Trinajstić information content (AvgIpc) is 3.60. The zero-order valence-corrected chi connectivity index (χ0v) is 27.8. The molecule has 4 aromatic rings. The number of allylic oxidation sites excluding steroid dienone is 2. The third-order valence-electron chi connectivity index (χ3n) is 8.34. The van der Waals surface area contributed by atoms with Crippen molar-refractivity contribution in [3.05, 3.63) is 116 Å². The summed E-state index contributed by atoms with van der Waals surface area (Å²) in [4.78, 5) is 9.02. The molecule has 0 spiro atoms. The molecule has 0 unspecified atom stereocenters. The summed E-state index contributed by atoms with van der Waals surface area (Å²) in [5.74, 6) is 0. The van der Waals surface area contributed by atoms with Gasteiger partial charge in [0, 0.05) is 32.0 Å². The molecule has 4 nitrogen and oxygen atoms in total. The lowest BCUT2D eigenvalue weighted by molar-refractivity contribution is 1.49. The third kappa shape index (κ3) is 4.34. The molecule has 1 heterocycles. The minimum absolute atomic E-state index is 0.0525. The summed E-state index contributed by atoms with van der Waals surface area (Å²) in [5.41, 5.74) is 9.33. The van der Waals surface area contributed by atoms with Gasteiger partial charge in [-0.1, -0.05) is 104 Å². The van der Waals surface area contributed by atoms with Gasteiger partial charge in [0.2, 0.25) is 0 Å². The fourth-order valence-corrected chi connectivity index (χ4v) is 9.81. The molecule has 43 heavy (non-hydrogen) atoms. The molecule has 3 aromatic carbocycles. The molecule has 0 atom stereocenters. The van der Waals surface area contributed by atoms with Crippen LogP contribution < -0.4 is 10.4 Å². The molecule has 0 saturated carbocycles. The van der Waals surface area contributed by atoms with E-state index < -0.39 is 16.1 Å². The average molecular weight is 605 g/mol. The Morgan fingerprint density at radius 2 is 1.05 bits per heavy atom. The van der Waals surface area contributed by atoms with E-state index in [4.69, 9.17) is 13.1 Å². The van der Waals surface area contributed by atoms with Crippen LogP contribution in [0.25, 0.3) is 54.2 Å². The second-order valence-electron chi connectivity index (χ2n) is 13.0. The van der Waals surface area contributed by atoms with Crippen LogP contribution in [0.15, 0.2) is 72.1 Å². The van der Waals surface area contributed by atoms with Crippen LogP contribution in [0.2, 0.25) is 39.3 Å². The van der Waals surface area contributed by atoms with Crippen LogP contribution in [0.5, 0.6) is 0 Å². The minimum atomic E-state index is -1.66. The van der Waals surface area contributed by atoms with Gasteiger partial charge < -0.3 is 0 Å². The molecule has 0 bridgehead atoms. The van der Waals surface area contributed by atoms with Crippen molar-refractivity contribution in [2.45, 2.75) is 39.3 Å². The third-order valence-corrected chi connectivity index (χ3v) is 13.7. The summed E-state index contributed by atoms with van der Waals surface area (Å²) in [6, 6.07) is 25.9. The number of fused-ring (bicyclic) bond motifs is 7.